The lowest BCUT2D eigenvalue weighted by molar-refractivity contribution is -0.141. The molecule has 4 nitrogen and oxygen atoms in total. The van der Waals surface area contributed by atoms with E-state index in [0.29, 0.717) is 12.8 Å². The van der Waals surface area contributed by atoms with Crippen molar-refractivity contribution in [3.63, 3.8) is 0 Å². The summed E-state index contributed by atoms with van der Waals surface area (Å²) in [5.41, 5.74) is 0.951. The summed E-state index contributed by atoms with van der Waals surface area (Å²) in [7, 11) is -3.84. The van der Waals surface area contributed by atoms with Crippen molar-refractivity contribution in [2.24, 2.45) is 0 Å². The summed E-state index contributed by atoms with van der Waals surface area (Å²) in [6.45, 7) is 1.87. The predicted molar refractivity (Wildman–Crippen MR) is 71.8 cm³/mol. The zero-order chi connectivity index (χ0) is 14.1. The minimum absolute atomic E-state index is 0.113. The van der Waals surface area contributed by atoms with Crippen molar-refractivity contribution in [3.8, 4) is 0 Å². The first kappa shape index (κ1) is 14.1. The summed E-state index contributed by atoms with van der Waals surface area (Å²) >= 11 is 0. The molecule has 1 saturated carbocycles. The van der Waals surface area contributed by atoms with Gasteiger partial charge in [0.25, 0.3) is 0 Å². The number of benzene rings is 1. The molecule has 0 amide bonds. The SMILES string of the molecule is Cc1ccc(S(=O)(=O)C2(C(=O)O)CCCCC2)cc1. The highest BCUT2D eigenvalue weighted by atomic mass is 32.2. The van der Waals surface area contributed by atoms with Crippen LogP contribution in [0.1, 0.15) is 37.7 Å². The first-order chi connectivity index (χ1) is 8.90. The lowest BCUT2D eigenvalue weighted by Gasteiger charge is -2.32. The quantitative estimate of drug-likeness (QED) is 0.924. The van der Waals surface area contributed by atoms with Gasteiger partial charge in [-0.3, -0.25) is 4.79 Å². The van der Waals surface area contributed by atoms with Gasteiger partial charge >= 0.3 is 5.97 Å². The summed E-state index contributed by atoms with van der Waals surface area (Å²) in [6.07, 6.45) is 2.62. The van der Waals surface area contributed by atoms with Crippen molar-refractivity contribution in [2.75, 3.05) is 0 Å². The molecule has 0 bridgehead atoms. The Morgan fingerprint density at radius 3 is 2.11 bits per heavy atom. The van der Waals surface area contributed by atoms with Crippen LogP contribution in [0.2, 0.25) is 0 Å². The molecular weight excluding hydrogens is 264 g/mol. The molecule has 1 aliphatic carbocycles. The zero-order valence-electron chi connectivity index (χ0n) is 10.9. The topological polar surface area (TPSA) is 71.4 Å². The van der Waals surface area contributed by atoms with Crippen LogP contribution in [0.25, 0.3) is 0 Å². The molecule has 1 aromatic rings. The van der Waals surface area contributed by atoms with Crippen molar-refractivity contribution in [1.82, 2.24) is 0 Å². The van der Waals surface area contributed by atoms with E-state index in [0.717, 1.165) is 12.0 Å². The number of carboxylic acids is 1. The Kier molecular flexibility index (Phi) is 3.67. The Balaban J connectivity index is 2.51. The second-order valence-electron chi connectivity index (χ2n) is 5.18. The third-order valence-electron chi connectivity index (χ3n) is 3.90. The van der Waals surface area contributed by atoms with Gasteiger partial charge in [0.2, 0.25) is 0 Å². The van der Waals surface area contributed by atoms with Gasteiger partial charge in [-0.05, 0) is 31.9 Å². The summed E-state index contributed by atoms with van der Waals surface area (Å²) in [5, 5.41) is 9.46. The molecule has 0 aromatic heterocycles. The Bertz CT molecular complexity index is 566. The first-order valence-electron chi connectivity index (χ1n) is 6.45. The van der Waals surface area contributed by atoms with Crippen LogP contribution in [-0.4, -0.2) is 24.2 Å². The van der Waals surface area contributed by atoms with Gasteiger partial charge in [-0.1, -0.05) is 37.0 Å². The fraction of sp³-hybridized carbons (Fsp3) is 0.500. The van der Waals surface area contributed by atoms with E-state index in [1.165, 1.54) is 12.1 Å². The van der Waals surface area contributed by atoms with Crippen LogP contribution in [0.3, 0.4) is 0 Å². The van der Waals surface area contributed by atoms with Gasteiger partial charge in [-0.25, -0.2) is 8.42 Å². The van der Waals surface area contributed by atoms with E-state index in [1.807, 2.05) is 6.92 Å². The van der Waals surface area contributed by atoms with E-state index in [4.69, 9.17) is 0 Å². The number of hydrogen-bond acceptors (Lipinski definition) is 3. The van der Waals surface area contributed by atoms with Crippen LogP contribution < -0.4 is 0 Å². The van der Waals surface area contributed by atoms with Gasteiger partial charge in [0.05, 0.1) is 4.90 Å². The van der Waals surface area contributed by atoms with Crippen LogP contribution in [-0.2, 0) is 14.6 Å². The van der Waals surface area contributed by atoms with Crippen LogP contribution >= 0.6 is 0 Å². The highest BCUT2D eigenvalue weighted by Gasteiger charge is 2.51. The summed E-state index contributed by atoms with van der Waals surface area (Å²) in [6, 6.07) is 6.41. The Hall–Kier alpha value is -1.36. The third-order valence-corrected chi connectivity index (χ3v) is 6.40. The lowest BCUT2D eigenvalue weighted by Crippen LogP contribution is -2.47. The predicted octanol–water partition coefficient (Wildman–Crippen LogP) is 2.56. The normalized spacial score (nSPS) is 19.0. The Labute approximate surface area is 113 Å². The van der Waals surface area contributed by atoms with E-state index in [-0.39, 0.29) is 17.7 Å². The largest absolute Gasteiger partial charge is 0.480 e. The second-order valence-corrected chi connectivity index (χ2v) is 7.44. The highest BCUT2D eigenvalue weighted by Crippen LogP contribution is 2.39. The first-order valence-corrected chi connectivity index (χ1v) is 7.93. The average Bonchev–Trinajstić information content (AvgIpc) is 2.39. The van der Waals surface area contributed by atoms with Crippen molar-refractivity contribution in [1.29, 1.82) is 0 Å². The summed E-state index contributed by atoms with van der Waals surface area (Å²) < 4.78 is 23.7. The number of aliphatic carboxylic acids is 1. The third kappa shape index (κ3) is 2.27. The van der Waals surface area contributed by atoms with Crippen LogP contribution in [0.4, 0.5) is 0 Å². The molecule has 1 fully saturated rings. The van der Waals surface area contributed by atoms with Crippen molar-refractivity contribution < 1.29 is 18.3 Å². The number of rotatable bonds is 3. The molecule has 1 aromatic carbocycles. The maximum atomic E-state index is 12.7. The smallest absolute Gasteiger partial charge is 0.325 e. The molecule has 104 valence electrons. The fourth-order valence-corrected chi connectivity index (χ4v) is 4.67. The average molecular weight is 282 g/mol. The van der Waals surface area contributed by atoms with E-state index < -0.39 is 20.6 Å². The molecule has 0 radical (unpaired) electrons. The van der Waals surface area contributed by atoms with Gasteiger partial charge in [-0.2, -0.15) is 0 Å². The molecule has 0 unspecified atom stereocenters. The van der Waals surface area contributed by atoms with Gasteiger partial charge in [0, 0.05) is 0 Å². The van der Waals surface area contributed by atoms with Gasteiger partial charge in [0.1, 0.15) is 0 Å². The number of sulfone groups is 1. The number of carboxylic acid groups (broad SMARTS) is 1. The Morgan fingerprint density at radius 1 is 1.11 bits per heavy atom. The van der Waals surface area contributed by atoms with Crippen LogP contribution in [0, 0.1) is 6.92 Å². The molecule has 0 aliphatic heterocycles. The van der Waals surface area contributed by atoms with Crippen molar-refractivity contribution in [3.05, 3.63) is 29.8 Å². The minimum Gasteiger partial charge on any atom is -0.480 e. The molecule has 1 aliphatic rings. The van der Waals surface area contributed by atoms with Gasteiger partial charge < -0.3 is 5.11 Å². The van der Waals surface area contributed by atoms with E-state index in [2.05, 4.69) is 0 Å². The Morgan fingerprint density at radius 2 is 1.63 bits per heavy atom. The monoisotopic (exact) mass is 282 g/mol. The molecule has 5 heteroatoms. The molecule has 0 saturated heterocycles. The van der Waals surface area contributed by atoms with E-state index in [1.54, 1.807) is 12.1 Å². The maximum Gasteiger partial charge on any atom is 0.325 e. The summed E-state index contributed by atoms with van der Waals surface area (Å²) in [5.74, 6) is -1.22. The van der Waals surface area contributed by atoms with Gasteiger partial charge in [-0.15, -0.1) is 0 Å². The zero-order valence-corrected chi connectivity index (χ0v) is 11.7. The highest BCUT2D eigenvalue weighted by molar-refractivity contribution is 7.93. The maximum absolute atomic E-state index is 12.7. The number of hydrogen-bond donors (Lipinski definition) is 1. The molecule has 0 spiro atoms. The van der Waals surface area contributed by atoms with E-state index in [9.17, 15) is 18.3 Å². The lowest BCUT2D eigenvalue weighted by atomic mass is 9.88. The van der Waals surface area contributed by atoms with Crippen LogP contribution in [0.5, 0.6) is 0 Å². The fourth-order valence-electron chi connectivity index (χ4n) is 2.66. The standard InChI is InChI=1S/C14H18O4S/c1-11-5-7-12(8-6-11)19(17,18)14(13(15)16)9-3-2-4-10-14/h5-8H,2-4,9-10H2,1H3,(H,15,16). The molecule has 19 heavy (non-hydrogen) atoms. The molecule has 2 rings (SSSR count). The van der Waals surface area contributed by atoms with Crippen LogP contribution in [0.15, 0.2) is 29.2 Å². The second kappa shape index (κ2) is 4.96. The molecule has 1 N–H and O–H groups in total. The molecular formula is C14H18O4S. The minimum atomic E-state index is -3.84. The molecule has 0 heterocycles. The van der Waals surface area contributed by atoms with Crippen molar-refractivity contribution in [2.45, 2.75) is 48.7 Å². The number of carbonyl (C=O) groups is 1. The number of aryl methyl sites for hydroxylation is 1. The van der Waals surface area contributed by atoms with Gasteiger partial charge in [0.15, 0.2) is 14.6 Å². The van der Waals surface area contributed by atoms with Crippen molar-refractivity contribution >= 4 is 15.8 Å². The summed E-state index contributed by atoms with van der Waals surface area (Å²) in [4.78, 5) is 11.7. The molecule has 0 atom stereocenters. The van der Waals surface area contributed by atoms with E-state index >= 15 is 0 Å².